The average molecular weight is 280 g/mol. The molecule has 1 unspecified atom stereocenters. The lowest BCUT2D eigenvalue weighted by Gasteiger charge is -2.34. The Balaban J connectivity index is 2.06. The van der Waals surface area contributed by atoms with E-state index in [4.69, 9.17) is 10.5 Å². The van der Waals surface area contributed by atoms with Gasteiger partial charge in [0.25, 0.3) is 0 Å². The number of nitrogens with two attached hydrogens (primary N) is 1. The fourth-order valence-electron chi connectivity index (χ4n) is 2.64. The van der Waals surface area contributed by atoms with Gasteiger partial charge in [0.05, 0.1) is 11.8 Å². The predicted octanol–water partition coefficient (Wildman–Crippen LogP) is 3.24. The number of anilines is 1. The first kappa shape index (κ1) is 15.3. The largest absolute Gasteiger partial charge is 0.376 e. The minimum atomic E-state index is -0.184. The number of halogens is 1. The van der Waals surface area contributed by atoms with Crippen LogP contribution in [0.1, 0.15) is 44.7 Å². The molecular formula is C16H25FN2O. The van der Waals surface area contributed by atoms with E-state index < -0.39 is 0 Å². The number of hydrogen-bond acceptors (Lipinski definition) is 3. The van der Waals surface area contributed by atoms with Gasteiger partial charge in [0.15, 0.2) is 0 Å². The molecule has 0 saturated carbocycles. The Kier molecular flexibility index (Phi) is 5.38. The van der Waals surface area contributed by atoms with Crippen molar-refractivity contribution in [3.05, 3.63) is 29.6 Å². The van der Waals surface area contributed by atoms with Gasteiger partial charge in [0.2, 0.25) is 0 Å². The summed E-state index contributed by atoms with van der Waals surface area (Å²) >= 11 is 0. The lowest BCUT2D eigenvalue weighted by molar-refractivity contribution is 0.0439. The Morgan fingerprint density at radius 1 is 1.50 bits per heavy atom. The zero-order chi connectivity index (χ0) is 14.5. The Hall–Kier alpha value is -1.13. The van der Waals surface area contributed by atoms with Crippen LogP contribution in [0.5, 0.6) is 0 Å². The van der Waals surface area contributed by atoms with E-state index in [2.05, 4.69) is 11.8 Å². The Labute approximate surface area is 120 Å². The molecule has 3 nitrogen and oxygen atoms in total. The third kappa shape index (κ3) is 3.70. The van der Waals surface area contributed by atoms with Gasteiger partial charge in [-0.05, 0) is 43.9 Å². The number of nitrogens with zero attached hydrogens (tertiary/aromatic N) is 1. The summed E-state index contributed by atoms with van der Waals surface area (Å²) in [5.41, 5.74) is 7.29. The van der Waals surface area contributed by atoms with Crippen LogP contribution < -0.4 is 10.6 Å². The molecule has 4 heteroatoms. The van der Waals surface area contributed by atoms with E-state index in [1.165, 1.54) is 0 Å². The van der Waals surface area contributed by atoms with Crippen LogP contribution in [0.3, 0.4) is 0 Å². The molecule has 0 aromatic heterocycles. The van der Waals surface area contributed by atoms with E-state index >= 15 is 0 Å². The SMILES string of the molecule is CCCOC1CCCN(c2ccc([C@@H](C)N)cc2F)C1. The van der Waals surface area contributed by atoms with Crippen LogP contribution in [0.4, 0.5) is 10.1 Å². The molecule has 2 atom stereocenters. The summed E-state index contributed by atoms with van der Waals surface area (Å²) in [7, 11) is 0. The van der Waals surface area contributed by atoms with Crippen molar-refractivity contribution < 1.29 is 9.13 Å². The number of ether oxygens (including phenoxy) is 1. The molecule has 2 rings (SSSR count). The maximum atomic E-state index is 14.2. The van der Waals surface area contributed by atoms with E-state index in [0.717, 1.165) is 44.5 Å². The minimum Gasteiger partial charge on any atom is -0.376 e. The van der Waals surface area contributed by atoms with Crippen LogP contribution in [0.2, 0.25) is 0 Å². The predicted molar refractivity (Wildman–Crippen MR) is 80.5 cm³/mol. The van der Waals surface area contributed by atoms with Crippen molar-refractivity contribution >= 4 is 5.69 Å². The van der Waals surface area contributed by atoms with Gasteiger partial charge in [0, 0.05) is 25.7 Å². The van der Waals surface area contributed by atoms with Gasteiger partial charge in [-0.1, -0.05) is 13.0 Å². The number of piperidine rings is 1. The average Bonchev–Trinajstić information content (AvgIpc) is 2.45. The Morgan fingerprint density at radius 3 is 2.95 bits per heavy atom. The van der Waals surface area contributed by atoms with Crippen LogP contribution in [-0.2, 0) is 4.74 Å². The summed E-state index contributed by atoms with van der Waals surface area (Å²) in [6.07, 6.45) is 3.35. The molecule has 0 aliphatic carbocycles. The fraction of sp³-hybridized carbons (Fsp3) is 0.625. The monoisotopic (exact) mass is 280 g/mol. The molecule has 1 saturated heterocycles. The highest BCUT2D eigenvalue weighted by molar-refractivity contribution is 5.50. The molecule has 0 spiro atoms. The number of hydrogen-bond donors (Lipinski definition) is 1. The first-order valence-corrected chi connectivity index (χ1v) is 7.53. The molecule has 1 heterocycles. The second-order valence-electron chi connectivity index (χ2n) is 5.58. The maximum Gasteiger partial charge on any atom is 0.146 e. The summed E-state index contributed by atoms with van der Waals surface area (Å²) in [5, 5.41) is 0. The van der Waals surface area contributed by atoms with Gasteiger partial charge in [-0.2, -0.15) is 0 Å². The van der Waals surface area contributed by atoms with Crippen LogP contribution in [0.25, 0.3) is 0 Å². The lowest BCUT2D eigenvalue weighted by Crippen LogP contribution is -2.40. The van der Waals surface area contributed by atoms with Crippen molar-refractivity contribution in [2.45, 2.75) is 45.3 Å². The highest BCUT2D eigenvalue weighted by Gasteiger charge is 2.22. The van der Waals surface area contributed by atoms with E-state index in [1.54, 1.807) is 6.07 Å². The van der Waals surface area contributed by atoms with Crippen LogP contribution >= 0.6 is 0 Å². The van der Waals surface area contributed by atoms with Crippen molar-refractivity contribution in [2.24, 2.45) is 5.73 Å². The maximum absolute atomic E-state index is 14.2. The molecule has 0 bridgehead atoms. The van der Waals surface area contributed by atoms with Crippen molar-refractivity contribution in [2.75, 3.05) is 24.6 Å². The summed E-state index contributed by atoms with van der Waals surface area (Å²) in [6.45, 7) is 6.41. The molecular weight excluding hydrogens is 255 g/mol. The molecule has 1 fully saturated rings. The summed E-state index contributed by atoms with van der Waals surface area (Å²) in [6, 6.07) is 5.17. The van der Waals surface area contributed by atoms with Crippen LogP contribution in [0, 0.1) is 5.82 Å². The summed E-state index contributed by atoms with van der Waals surface area (Å²) < 4.78 is 20.0. The molecule has 112 valence electrons. The zero-order valence-corrected chi connectivity index (χ0v) is 12.4. The molecule has 1 aliphatic heterocycles. The number of benzene rings is 1. The lowest BCUT2D eigenvalue weighted by atomic mass is 10.0. The zero-order valence-electron chi connectivity index (χ0n) is 12.4. The van der Waals surface area contributed by atoms with Crippen LogP contribution in [-0.4, -0.2) is 25.8 Å². The number of rotatable bonds is 5. The topological polar surface area (TPSA) is 38.5 Å². The van der Waals surface area contributed by atoms with Gasteiger partial charge in [0.1, 0.15) is 5.82 Å². The second kappa shape index (κ2) is 7.04. The summed E-state index contributed by atoms with van der Waals surface area (Å²) in [4.78, 5) is 2.09. The van der Waals surface area contributed by atoms with Crippen molar-refractivity contribution in [3.8, 4) is 0 Å². The fourth-order valence-corrected chi connectivity index (χ4v) is 2.64. The minimum absolute atomic E-state index is 0.138. The van der Waals surface area contributed by atoms with Crippen molar-refractivity contribution in [1.82, 2.24) is 0 Å². The van der Waals surface area contributed by atoms with Crippen LogP contribution in [0.15, 0.2) is 18.2 Å². The normalized spacial score (nSPS) is 21.0. The molecule has 0 amide bonds. The van der Waals surface area contributed by atoms with Gasteiger partial charge in [-0.25, -0.2) is 4.39 Å². The molecule has 1 aromatic carbocycles. The molecule has 1 aliphatic rings. The van der Waals surface area contributed by atoms with Crippen molar-refractivity contribution in [3.63, 3.8) is 0 Å². The van der Waals surface area contributed by atoms with Crippen molar-refractivity contribution in [1.29, 1.82) is 0 Å². The Bertz CT molecular complexity index is 436. The van der Waals surface area contributed by atoms with Gasteiger partial charge < -0.3 is 15.4 Å². The summed E-state index contributed by atoms with van der Waals surface area (Å²) in [5.74, 6) is -0.184. The molecule has 20 heavy (non-hydrogen) atoms. The molecule has 1 aromatic rings. The van der Waals surface area contributed by atoms with Gasteiger partial charge >= 0.3 is 0 Å². The first-order valence-electron chi connectivity index (χ1n) is 7.53. The van der Waals surface area contributed by atoms with E-state index in [-0.39, 0.29) is 18.0 Å². The van der Waals surface area contributed by atoms with Gasteiger partial charge in [-0.15, -0.1) is 0 Å². The highest BCUT2D eigenvalue weighted by atomic mass is 19.1. The second-order valence-corrected chi connectivity index (χ2v) is 5.58. The molecule has 2 N–H and O–H groups in total. The quantitative estimate of drug-likeness (QED) is 0.900. The van der Waals surface area contributed by atoms with E-state index in [0.29, 0.717) is 5.69 Å². The van der Waals surface area contributed by atoms with E-state index in [1.807, 2.05) is 19.1 Å². The first-order chi connectivity index (χ1) is 9.61. The smallest absolute Gasteiger partial charge is 0.146 e. The third-order valence-corrected chi connectivity index (χ3v) is 3.77. The Morgan fingerprint density at radius 2 is 2.30 bits per heavy atom. The molecule has 0 radical (unpaired) electrons. The third-order valence-electron chi connectivity index (χ3n) is 3.77. The highest BCUT2D eigenvalue weighted by Crippen LogP contribution is 2.26. The van der Waals surface area contributed by atoms with E-state index in [9.17, 15) is 4.39 Å². The van der Waals surface area contributed by atoms with Gasteiger partial charge in [-0.3, -0.25) is 0 Å². The standard InChI is InChI=1S/C16H25FN2O/c1-3-9-20-14-5-4-8-19(11-14)16-7-6-13(12(2)18)10-15(16)17/h6-7,10,12,14H,3-5,8-9,11,18H2,1-2H3/t12-,14?/m1/s1.